The van der Waals surface area contributed by atoms with Gasteiger partial charge in [-0.2, -0.15) is 0 Å². The van der Waals surface area contributed by atoms with E-state index in [9.17, 15) is 17.6 Å². The van der Waals surface area contributed by atoms with Crippen LogP contribution in [0, 0.1) is 5.82 Å². The molecule has 0 aliphatic heterocycles. The minimum atomic E-state index is -4.02. The highest BCUT2D eigenvalue weighted by Crippen LogP contribution is 2.19. The molecule has 0 spiro atoms. The lowest BCUT2D eigenvalue weighted by Gasteiger charge is -2.09. The van der Waals surface area contributed by atoms with Crippen LogP contribution in [0.5, 0.6) is 0 Å². The van der Waals surface area contributed by atoms with Crippen molar-refractivity contribution in [3.63, 3.8) is 0 Å². The Morgan fingerprint density at radius 1 is 1.10 bits per heavy atom. The van der Waals surface area contributed by atoms with Gasteiger partial charge in [0.1, 0.15) is 10.7 Å². The van der Waals surface area contributed by atoms with E-state index in [0.29, 0.717) is 5.56 Å². The summed E-state index contributed by atoms with van der Waals surface area (Å²) in [6.07, 6.45) is -0.152. The van der Waals surface area contributed by atoms with Crippen molar-refractivity contribution in [2.45, 2.75) is 11.3 Å². The number of rotatable bonds is 5. The van der Waals surface area contributed by atoms with Crippen LogP contribution in [-0.2, 0) is 21.2 Å². The van der Waals surface area contributed by atoms with Gasteiger partial charge in [0.25, 0.3) is 10.0 Å². The maximum absolute atomic E-state index is 13.5. The van der Waals surface area contributed by atoms with E-state index < -0.39 is 26.7 Å². The number of hydrogen-bond donors (Lipinski definition) is 2. The SMILES string of the molecule is O=C(O)Cc1ccc(NS(=O)(=O)c2ccccc2F)cc1. The van der Waals surface area contributed by atoms with Gasteiger partial charge in [0, 0.05) is 5.69 Å². The Morgan fingerprint density at radius 3 is 2.29 bits per heavy atom. The van der Waals surface area contributed by atoms with Crippen molar-refractivity contribution in [3.05, 3.63) is 59.9 Å². The van der Waals surface area contributed by atoms with Crippen molar-refractivity contribution in [2.75, 3.05) is 4.72 Å². The van der Waals surface area contributed by atoms with Crippen LogP contribution in [0.4, 0.5) is 10.1 Å². The second kappa shape index (κ2) is 5.92. The molecule has 0 bridgehead atoms. The smallest absolute Gasteiger partial charge is 0.307 e. The summed E-state index contributed by atoms with van der Waals surface area (Å²) in [5, 5.41) is 8.65. The molecule has 0 saturated carbocycles. The summed E-state index contributed by atoms with van der Waals surface area (Å²) in [4.78, 5) is 10.1. The van der Waals surface area contributed by atoms with Crippen molar-refractivity contribution in [1.29, 1.82) is 0 Å². The molecule has 0 unspecified atom stereocenters. The zero-order valence-electron chi connectivity index (χ0n) is 10.8. The summed E-state index contributed by atoms with van der Waals surface area (Å²) < 4.78 is 39.8. The number of hydrogen-bond acceptors (Lipinski definition) is 3. The summed E-state index contributed by atoms with van der Waals surface area (Å²) >= 11 is 0. The zero-order chi connectivity index (χ0) is 15.5. The van der Waals surface area contributed by atoms with Gasteiger partial charge in [-0.3, -0.25) is 9.52 Å². The van der Waals surface area contributed by atoms with E-state index in [-0.39, 0.29) is 12.1 Å². The van der Waals surface area contributed by atoms with Gasteiger partial charge >= 0.3 is 5.97 Å². The van der Waals surface area contributed by atoms with Crippen LogP contribution >= 0.6 is 0 Å². The first-order valence-corrected chi connectivity index (χ1v) is 7.45. The number of sulfonamides is 1. The first-order valence-electron chi connectivity index (χ1n) is 5.96. The largest absolute Gasteiger partial charge is 0.481 e. The second-order valence-electron chi connectivity index (χ2n) is 4.30. The summed E-state index contributed by atoms with van der Waals surface area (Å²) in [6.45, 7) is 0. The lowest BCUT2D eigenvalue weighted by molar-refractivity contribution is -0.136. The normalized spacial score (nSPS) is 11.1. The van der Waals surface area contributed by atoms with Crippen LogP contribution in [-0.4, -0.2) is 19.5 Å². The standard InChI is InChI=1S/C14H12FNO4S/c15-12-3-1-2-4-13(12)21(19,20)16-11-7-5-10(6-8-11)9-14(17)18/h1-8,16H,9H2,(H,17,18). The fourth-order valence-corrected chi connectivity index (χ4v) is 2.88. The van der Waals surface area contributed by atoms with E-state index in [2.05, 4.69) is 4.72 Å². The van der Waals surface area contributed by atoms with E-state index in [4.69, 9.17) is 5.11 Å². The number of aliphatic carboxylic acids is 1. The molecule has 2 rings (SSSR count). The van der Waals surface area contributed by atoms with Crippen LogP contribution in [0.3, 0.4) is 0 Å². The molecule has 21 heavy (non-hydrogen) atoms. The number of carbonyl (C=O) groups is 1. The molecular weight excluding hydrogens is 297 g/mol. The molecule has 0 radical (unpaired) electrons. The van der Waals surface area contributed by atoms with Crippen molar-refractivity contribution >= 4 is 21.7 Å². The summed E-state index contributed by atoms with van der Waals surface area (Å²) in [5.41, 5.74) is 0.767. The first kappa shape index (κ1) is 15.0. The van der Waals surface area contributed by atoms with Gasteiger partial charge < -0.3 is 5.11 Å². The van der Waals surface area contributed by atoms with Crippen LogP contribution in [0.15, 0.2) is 53.4 Å². The molecule has 0 aromatic heterocycles. The number of carboxylic acids is 1. The highest BCUT2D eigenvalue weighted by Gasteiger charge is 2.18. The maximum Gasteiger partial charge on any atom is 0.307 e. The van der Waals surface area contributed by atoms with Crippen LogP contribution in [0.2, 0.25) is 0 Å². The quantitative estimate of drug-likeness (QED) is 0.887. The maximum atomic E-state index is 13.5. The van der Waals surface area contributed by atoms with Gasteiger partial charge in [-0.25, -0.2) is 12.8 Å². The monoisotopic (exact) mass is 309 g/mol. The topological polar surface area (TPSA) is 83.5 Å². The van der Waals surface area contributed by atoms with E-state index in [1.807, 2.05) is 0 Å². The van der Waals surface area contributed by atoms with Gasteiger partial charge in [0.05, 0.1) is 6.42 Å². The van der Waals surface area contributed by atoms with Gasteiger partial charge in [-0.05, 0) is 29.8 Å². The zero-order valence-corrected chi connectivity index (χ0v) is 11.6. The Bertz CT molecular complexity index is 757. The molecule has 0 heterocycles. The first-order chi connectivity index (χ1) is 9.88. The number of halogens is 1. The van der Waals surface area contributed by atoms with Crippen LogP contribution in [0.25, 0.3) is 0 Å². The highest BCUT2D eigenvalue weighted by atomic mass is 32.2. The summed E-state index contributed by atoms with van der Waals surface area (Å²) in [7, 11) is -4.02. The predicted octanol–water partition coefficient (Wildman–Crippen LogP) is 2.25. The van der Waals surface area contributed by atoms with Gasteiger partial charge in [-0.1, -0.05) is 24.3 Å². The van der Waals surface area contributed by atoms with E-state index in [1.165, 1.54) is 36.4 Å². The third-order valence-electron chi connectivity index (χ3n) is 2.69. The molecule has 7 heteroatoms. The van der Waals surface area contributed by atoms with Gasteiger partial charge in [0.15, 0.2) is 0 Å². The summed E-state index contributed by atoms with van der Waals surface area (Å²) in [5.74, 6) is -1.82. The average molecular weight is 309 g/mol. The molecule has 2 aromatic carbocycles. The van der Waals surface area contributed by atoms with Crippen molar-refractivity contribution in [1.82, 2.24) is 0 Å². The molecule has 0 fully saturated rings. The molecule has 2 aromatic rings. The van der Waals surface area contributed by atoms with Crippen LogP contribution in [0.1, 0.15) is 5.56 Å². The molecule has 0 aliphatic carbocycles. The molecule has 0 atom stereocenters. The minimum Gasteiger partial charge on any atom is -0.481 e. The molecule has 110 valence electrons. The number of benzene rings is 2. The predicted molar refractivity (Wildman–Crippen MR) is 75.0 cm³/mol. The third kappa shape index (κ3) is 3.79. The molecule has 2 N–H and O–H groups in total. The lowest BCUT2D eigenvalue weighted by Crippen LogP contribution is -2.14. The van der Waals surface area contributed by atoms with E-state index >= 15 is 0 Å². The molecule has 0 aliphatic rings. The molecular formula is C14H12FNO4S. The van der Waals surface area contributed by atoms with Crippen molar-refractivity contribution < 1.29 is 22.7 Å². The fourth-order valence-electron chi connectivity index (χ4n) is 1.74. The molecule has 0 saturated heterocycles. The number of anilines is 1. The Hall–Kier alpha value is -2.41. The molecule has 5 nitrogen and oxygen atoms in total. The Morgan fingerprint density at radius 2 is 1.71 bits per heavy atom. The Kier molecular flexibility index (Phi) is 4.23. The minimum absolute atomic E-state index is 0.152. The highest BCUT2D eigenvalue weighted by molar-refractivity contribution is 7.92. The lowest BCUT2D eigenvalue weighted by atomic mass is 10.1. The van der Waals surface area contributed by atoms with Gasteiger partial charge in [-0.15, -0.1) is 0 Å². The van der Waals surface area contributed by atoms with Crippen LogP contribution < -0.4 is 4.72 Å². The summed E-state index contributed by atoms with van der Waals surface area (Å²) in [6, 6.07) is 10.9. The fraction of sp³-hybridized carbons (Fsp3) is 0.0714. The van der Waals surface area contributed by atoms with E-state index in [0.717, 1.165) is 12.1 Å². The Balaban J connectivity index is 2.21. The van der Waals surface area contributed by atoms with Crippen molar-refractivity contribution in [3.8, 4) is 0 Å². The third-order valence-corrected chi connectivity index (χ3v) is 4.10. The van der Waals surface area contributed by atoms with Gasteiger partial charge in [0.2, 0.25) is 0 Å². The number of carboxylic acid groups (broad SMARTS) is 1. The average Bonchev–Trinajstić information content (AvgIpc) is 2.40. The number of nitrogens with one attached hydrogen (secondary N) is 1. The van der Waals surface area contributed by atoms with Crippen molar-refractivity contribution in [2.24, 2.45) is 0 Å². The molecule has 0 amide bonds. The second-order valence-corrected chi connectivity index (χ2v) is 5.95. The van der Waals surface area contributed by atoms with E-state index in [1.54, 1.807) is 0 Å². The Labute approximate surface area is 121 Å².